The van der Waals surface area contributed by atoms with Crippen molar-refractivity contribution < 1.29 is 19.1 Å². The minimum Gasteiger partial charge on any atom is -0.497 e. The Balaban J connectivity index is 1.85. The van der Waals surface area contributed by atoms with Crippen molar-refractivity contribution in [2.75, 3.05) is 21.3 Å². The van der Waals surface area contributed by atoms with E-state index in [4.69, 9.17) is 4.74 Å². The average molecular weight is 342 g/mol. The number of nitrogens with one attached hydrogen (secondary N) is 1. The normalized spacial score (nSPS) is 10.0. The quantitative estimate of drug-likeness (QED) is 0.820. The molecule has 0 saturated heterocycles. The van der Waals surface area contributed by atoms with Gasteiger partial charge in [0.05, 0.1) is 19.8 Å². The van der Waals surface area contributed by atoms with E-state index in [1.54, 1.807) is 43.3 Å². The summed E-state index contributed by atoms with van der Waals surface area (Å²) >= 11 is 0. The lowest BCUT2D eigenvalue weighted by atomic mass is 10.1. The number of nitrogens with zero attached hydrogens (tertiary/aromatic N) is 1. The van der Waals surface area contributed by atoms with Gasteiger partial charge >= 0.3 is 12.0 Å². The van der Waals surface area contributed by atoms with Crippen LogP contribution in [0.1, 0.15) is 21.5 Å². The van der Waals surface area contributed by atoms with Crippen LogP contribution < -0.4 is 10.1 Å². The summed E-state index contributed by atoms with van der Waals surface area (Å²) in [5.74, 6) is 0.403. The molecule has 0 saturated carbocycles. The molecular weight excluding hydrogens is 320 g/mol. The van der Waals surface area contributed by atoms with Crippen LogP contribution in [0, 0.1) is 0 Å². The third-order valence-corrected chi connectivity index (χ3v) is 3.74. The number of hydrogen-bond donors (Lipinski definition) is 1. The second-order valence-electron chi connectivity index (χ2n) is 5.55. The lowest BCUT2D eigenvalue weighted by Crippen LogP contribution is -2.36. The van der Waals surface area contributed by atoms with Crippen LogP contribution in [0.2, 0.25) is 0 Å². The number of carbonyl (C=O) groups excluding carboxylic acids is 2. The molecule has 2 aromatic carbocycles. The number of esters is 1. The van der Waals surface area contributed by atoms with Gasteiger partial charge in [0.15, 0.2) is 0 Å². The molecule has 0 unspecified atom stereocenters. The van der Waals surface area contributed by atoms with Crippen LogP contribution in [0.15, 0.2) is 48.5 Å². The maximum atomic E-state index is 12.2. The molecule has 6 nitrogen and oxygen atoms in total. The first-order valence-corrected chi connectivity index (χ1v) is 7.82. The fourth-order valence-corrected chi connectivity index (χ4v) is 2.27. The van der Waals surface area contributed by atoms with Gasteiger partial charge in [0.1, 0.15) is 5.75 Å². The van der Waals surface area contributed by atoms with Crippen LogP contribution in [-0.4, -0.2) is 38.2 Å². The van der Waals surface area contributed by atoms with Crippen molar-refractivity contribution in [1.82, 2.24) is 10.2 Å². The van der Waals surface area contributed by atoms with E-state index >= 15 is 0 Å². The summed E-state index contributed by atoms with van der Waals surface area (Å²) in [5, 5.41) is 2.87. The molecule has 132 valence electrons. The standard InChI is InChI=1S/C19H22N2O4/c1-21(13-15-4-8-16(9-5-15)18(22)25-3)19(23)20-12-14-6-10-17(24-2)11-7-14/h4-11H,12-13H2,1-3H3,(H,20,23). The van der Waals surface area contributed by atoms with E-state index in [-0.39, 0.29) is 12.0 Å². The predicted molar refractivity (Wildman–Crippen MR) is 94.5 cm³/mol. The second-order valence-corrected chi connectivity index (χ2v) is 5.55. The molecule has 25 heavy (non-hydrogen) atoms. The summed E-state index contributed by atoms with van der Waals surface area (Å²) in [6, 6.07) is 14.3. The summed E-state index contributed by atoms with van der Waals surface area (Å²) in [6.07, 6.45) is 0. The van der Waals surface area contributed by atoms with E-state index in [0.29, 0.717) is 18.7 Å². The van der Waals surface area contributed by atoms with Gasteiger partial charge in [-0.15, -0.1) is 0 Å². The van der Waals surface area contributed by atoms with Crippen LogP contribution in [0.5, 0.6) is 5.75 Å². The van der Waals surface area contributed by atoms with Gasteiger partial charge < -0.3 is 19.7 Å². The van der Waals surface area contributed by atoms with Gasteiger partial charge in [-0.3, -0.25) is 0 Å². The number of rotatable bonds is 6. The molecule has 1 N–H and O–H groups in total. The summed E-state index contributed by atoms with van der Waals surface area (Å²) < 4.78 is 9.77. The molecule has 0 aromatic heterocycles. The van der Waals surface area contributed by atoms with E-state index in [0.717, 1.165) is 16.9 Å². The van der Waals surface area contributed by atoms with Gasteiger partial charge in [0.2, 0.25) is 0 Å². The summed E-state index contributed by atoms with van der Waals surface area (Å²) in [4.78, 5) is 25.2. The number of carbonyl (C=O) groups is 2. The summed E-state index contributed by atoms with van der Waals surface area (Å²) in [6.45, 7) is 0.879. The monoisotopic (exact) mass is 342 g/mol. The smallest absolute Gasteiger partial charge is 0.337 e. The van der Waals surface area contributed by atoms with Gasteiger partial charge in [0.25, 0.3) is 0 Å². The predicted octanol–water partition coefficient (Wildman–Crippen LogP) is 2.82. The van der Waals surface area contributed by atoms with E-state index in [2.05, 4.69) is 10.1 Å². The maximum absolute atomic E-state index is 12.2. The Morgan fingerprint density at radius 1 is 0.960 bits per heavy atom. The molecule has 2 aromatic rings. The highest BCUT2D eigenvalue weighted by molar-refractivity contribution is 5.89. The minimum absolute atomic E-state index is 0.173. The van der Waals surface area contributed by atoms with Crippen molar-refractivity contribution in [1.29, 1.82) is 0 Å². The van der Waals surface area contributed by atoms with Crippen LogP contribution in [0.25, 0.3) is 0 Å². The number of urea groups is 1. The molecule has 0 fully saturated rings. The number of benzene rings is 2. The zero-order chi connectivity index (χ0) is 18.2. The van der Waals surface area contributed by atoms with Gasteiger partial charge in [0, 0.05) is 20.1 Å². The minimum atomic E-state index is -0.378. The van der Waals surface area contributed by atoms with Gasteiger partial charge in [-0.1, -0.05) is 24.3 Å². The fraction of sp³-hybridized carbons (Fsp3) is 0.263. The van der Waals surface area contributed by atoms with Gasteiger partial charge in [-0.05, 0) is 35.4 Å². The number of amides is 2. The number of ether oxygens (including phenoxy) is 2. The molecule has 6 heteroatoms. The first-order chi connectivity index (χ1) is 12.0. The Bertz CT molecular complexity index is 711. The summed E-state index contributed by atoms with van der Waals surface area (Å²) in [7, 11) is 4.68. The molecule has 0 radical (unpaired) electrons. The highest BCUT2D eigenvalue weighted by Gasteiger charge is 2.10. The van der Waals surface area contributed by atoms with E-state index < -0.39 is 0 Å². The van der Waals surface area contributed by atoms with Crippen molar-refractivity contribution in [2.24, 2.45) is 0 Å². The van der Waals surface area contributed by atoms with Gasteiger partial charge in [-0.2, -0.15) is 0 Å². The largest absolute Gasteiger partial charge is 0.497 e. The van der Waals surface area contributed by atoms with Crippen molar-refractivity contribution in [3.05, 3.63) is 65.2 Å². The van der Waals surface area contributed by atoms with Crippen LogP contribution in [0.4, 0.5) is 4.79 Å². The van der Waals surface area contributed by atoms with Crippen molar-refractivity contribution in [2.45, 2.75) is 13.1 Å². The first kappa shape index (κ1) is 18.3. The SMILES string of the molecule is COC(=O)c1ccc(CN(C)C(=O)NCc2ccc(OC)cc2)cc1. The van der Waals surface area contributed by atoms with E-state index in [1.165, 1.54) is 7.11 Å². The average Bonchev–Trinajstić information content (AvgIpc) is 2.66. The van der Waals surface area contributed by atoms with Crippen molar-refractivity contribution >= 4 is 12.0 Å². The number of hydrogen-bond acceptors (Lipinski definition) is 4. The van der Waals surface area contributed by atoms with Crippen molar-refractivity contribution in [3.63, 3.8) is 0 Å². The zero-order valence-electron chi connectivity index (χ0n) is 14.6. The lowest BCUT2D eigenvalue weighted by Gasteiger charge is -2.18. The topological polar surface area (TPSA) is 67.9 Å². The Labute approximate surface area is 147 Å². The lowest BCUT2D eigenvalue weighted by molar-refractivity contribution is 0.0600. The Kier molecular flexibility index (Phi) is 6.39. The third kappa shape index (κ3) is 5.24. The van der Waals surface area contributed by atoms with Crippen LogP contribution >= 0.6 is 0 Å². The first-order valence-electron chi connectivity index (χ1n) is 7.82. The summed E-state index contributed by atoms with van der Waals surface area (Å²) in [5.41, 5.74) is 2.40. The van der Waals surface area contributed by atoms with Crippen molar-refractivity contribution in [3.8, 4) is 5.75 Å². The highest BCUT2D eigenvalue weighted by atomic mass is 16.5. The molecule has 0 bridgehead atoms. The zero-order valence-corrected chi connectivity index (χ0v) is 14.6. The molecule has 0 spiro atoms. The number of methoxy groups -OCH3 is 2. The Morgan fingerprint density at radius 3 is 2.12 bits per heavy atom. The molecule has 2 rings (SSSR count). The maximum Gasteiger partial charge on any atom is 0.337 e. The van der Waals surface area contributed by atoms with E-state index in [9.17, 15) is 9.59 Å². The molecule has 0 atom stereocenters. The Hall–Kier alpha value is -3.02. The second kappa shape index (κ2) is 8.73. The molecule has 0 heterocycles. The van der Waals surface area contributed by atoms with E-state index in [1.807, 2.05) is 24.3 Å². The molecule has 0 aliphatic heterocycles. The molecule has 0 aliphatic carbocycles. The van der Waals surface area contributed by atoms with Crippen LogP contribution in [0.3, 0.4) is 0 Å². The molecule has 0 aliphatic rings. The fourth-order valence-electron chi connectivity index (χ4n) is 2.27. The Morgan fingerprint density at radius 2 is 1.56 bits per heavy atom. The van der Waals surface area contributed by atoms with Gasteiger partial charge in [-0.25, -0.2) is 9.59 Å². The molecular formula is C19H22N2O4. The third-order valence-electron chi connectivity index (χ3n) is 3.74. The van der Waals surface area contributed by atoms with Crippen LogP contribution in [-0.2, 0) is 17.8 Å². The highest BCUT2D eigenvalue weighted by Crippen LogP contribution is 2.11. The molecule has 2 amide bonds.